The van der Waals surface area contributed by atoms with E-state index in [0.29, 0.717) is 33.9 Å². The molecule has 11 heteroatoms. The van der Waals surface area contributed by atoms with Crippen LogP contribution in [0, 0.1) is 5.82 Å². The van der Waals surface area contributed by atoms with E-state index in [2.05, 4.69) is 20.8 Å². The van der Waals surface area contributed by atoms with Gasteiger partial charge >= 0.3 is 0 Å². The van der Waals surface area contributed by atoms with Gasteiger partial charge in [-0.05, 0) is 60.7 Å². The van der Waals surface area contributed by atoms with E-state index >= 15 is 0 Å². The molecular formula is C26H24FN5O4S. The summed E-state index contributed by atoms with van der Waals surface area (Å²) in [5.74, 6) is 0.769. The fourth-order valence-electron chi connectivity index (χ4n) is 3.25. The first-order valence-electron chi connectivity index (χ1n) is 11.2. The van der Waals surface area contributed by atoms with Crippen LogP contribution in [0.2, 0.25) is 0 Å². The maximum Gasteiger partial charge on any atom is 0.258 e. The number of hydrogen-bond acceptors (Lipinski definition) is 7. The van der Waals surface area contributed by atoms with Crippen molar-refractivity contribution in [3.8, 4) is 17.2 Å². The van der Waals surface area contributed by atoms with Crippen LogP contribution in [0.5, 0.6) is 11.5 Å². The summed E-state index contributed by atoms with van der Waals surface area (Å²) in [6, 6.07) is 21.8. The van der Waals surface area contributed by atoms with Gasteiger partial charge in [0.05, 0.1) is 19.4 Å². The van der Waals surface area contributed by atoms with Crippen LogP contribution in [0.4, 0.5) is 10.1 Å². The Morgan fingerprint density at radius 3 is 2.35 bits per heavy atom. The number of amides is 2. The molecule has 190 valence electrons. The molecule has 0 bridgehead atoms. The number of para-hydroxylation sites is 1. The van der Waals surface area contributed by atoms with Gasteiger partial charge in [-0.3, -0.25) is 14.2 Å². The number of thioether (sulfide) groups is 1. The van der Waals surface area contributed by atoms with Crippen molar-refractivity contribution < 1.29 is 23.5 Å². The van der Waals surface area contributed by atoms with Crippen molar-refractivity contribution in [2.75, 3.05) is 24.8 Å². The molecule has 0 radical (unpaired) electrons. The Hall–Kier alpha value is -4.38. The Morgan fingerprint density at radius 2 is 1.65 bits per heavy atom. The van der Waals surface area contributed by atoms with E-state index in [-0.39, 0.29) is 30.7 Å². The molecule has 0 saturated carbocycles. The summed E-state index contributed by atoms with van der Waals surface area (Å²) >= 11 is 1.17. The second-order valence-electron chi connectivity index (χ2n) is 7.65. The minimum Gasteiger partial charge on any atom is -0.497 e. The maximum atomic E-state index is 13.5. The van der Waals surface area contributed by atoms with E-state index in [1.807, 2.05) is 18.2 Å². The first kappa shape index (κ1) is 25.7. The Balaban J connectivity index is 1.41. The number of methoxy groups -OCH3 is 1. The van der Waals surface area contributed by atoms with Crippen LogP contribution >= 0.6 is 11.8 Å². The third-order valence-corrected chi connectivity index (χ3v) is 5.98. The summed E-state index contributed by atoms with van der Waals surface area (Å²) < 4.78 is 25.8. The van der Waals surface area contributed by atoms with Crippen molar-refractivity contribution in [1.29, 1.82) is 0 Å². The highest BCUT2D eigenvalue weighted by molar-refractivity contribution is 7.99. The van der Waals surface area contributed by atoms with Gasteiger partial charge in [-0.15, -0.1) is 10.2 Å². The molecule has 0 aliphatic carbocycles. The van der Waals surface area contributed by atoms with E-state index in [4.69, 9.17) is 9.47 Å². The van der Waals surface area contributed by atoms with Gasteiger partial charge in [0.1, 0.15) is 17.3 Å². The smallest absolute Gasteiger partial charge is 0.258 e. The number of ether oxygens (including phenoxy) is 2. The van der Waals surface area contributed by atoms with Crippen LogP contribution < -0.4 is 20.1 Å². The highest BCUT2D eigenvalue weighted by atomic mass is 32.2. The summed E-state index contributed by atoms with van der Waals surface area (Å²) in [6.45, 7) is -0.109. The van der Waals surface area contributed by atoms with Gasteiger partial charge in [0, 0.05) is 11.4 Å². The molecule has 0 fully saturated rings. The van der Waals surface area contributed by atoms with Gasteiger partial charge in [0.25, 0.3) is 5.91 Å². The molecule has 0 unspecified atom stereocenters. The monoisotopic (exact) mass is 521 g/mol. The molecule has 0 aliphatic heterocycles. The van der Waals surface area contributed by atoms with Gasteiger partial charge in [-0.1, -0.05) is 30.0 Å². The number of rotatable bonds is 11. The van der Waals surface area contributed by atoms with E-state index in [1.165, 1.54) is 23.9 Å². The number of halogens is 1. The Kier molecular flexibility index (Phi) is 8.71. The second-order valence-corrected chi connectivity index (χ2v) is 8.60. The highest BCUT2D eigenvalue weighted by Crippen LogP contribution is 2.23. The molecule has 0 atom stereocenters. The minimum atomic E-state index is -0.391. The van der Waals surface area contributed by atoms with Gasteiger partial charge in [-0.25, -0.2) is 4.39 Å². The minimum absolute atomic E-state index is 0.0555. The fourth-order valence-corrected chi connectivity index (χ4v) is 4.02. The third-order valence-electron chi connectivity index (χ3n) is 5.05. The Morgan fingerprint density at radius 1 is 0.919 bits per heavy atom. The predicted molar refractivity (Wildman–Crippen MR) is 137 cm³/mol. The zero-order valence-electron chi connectivity index (χ0n) is 19.9. The van der Waals surface area contributed by atoms with Gasteiger partial charge < -0.3 is 20.1 Å². The average Bonchev–Trinajstić information content (AvgIpc) is 3.33. The number of aromatic nitrogens is 3. The number of hydrogen-bond donors (Lipinski definition) is 2. The Labute approximate surface area is 217 Å². The van der Waals surface area contributed by atoms with Crippen LogP contribution in [0.3, 0.4) is 0 Å². The number of benzene rings is 3. The highest BCUT2D eigenvalue weighted by Gasteiger charge is 2.17. The molecule has 1 heterocycles. The number of anilines is 1. The van der Waals surface area contributed by atoms with Crippen molar-refractivity contribution in [3.05, 3.63) is 90.5 Å². The molecular weight excluding hydrogens is 497 g/mol. The van der Waals surface area contributed by atoms with Crippen molar-refractivity contribution in [2.45, 2.75) is 11.7 Å². The summed E-state index contributed by atoms with van der Waals surface area (Å²) in [5.41, 5.74) is 1.22. The van der Waals surface area contributed by atoms with Crippen LogP contribution in [0.1, 0.15) is 5.82 Å². The molecule has 4 rings (SSSR count). The number of carbonyl (C=O) groups excluding carboxylic acids is 2. The Bertz CT molecular complexity index is 1330. The fraction of sp³-hybridized carbons (Fsp3) is 0.154. The molecule has 2 amide bonds. The zero-order valence-corrected chi connectivity index (χ0v) is 20.7. The third kappa shape index (κ3) is 7.31. The van der Waals surface area contributed by atoms with E-state index < -0.39 is 5.82 Å². The topological polar surface area (TPSA) is 107 Å². The maximum absolute atomic E-state index is 13.5. The van der Waals surface area contributed by atoms with Crippen LogP contribution in [-0.2, 0) is 16.1 Å². The normalized spacial score (nSPS) is 10.5. The molecule has 2 N–H and O–H groups in total. The molecule has 37 heavy (non-hydrogen) atoms. The first-order valence-corrected chi connectivity index (χ1v) is 12.2. The average molecular weight is 522 g/mol. The quantitative estimate of drug-likeness (QED) is 0.289. The predicted octanol–water partition coefficient (Wildman–Crippen LogP) is 3.84. The summed E-state index contributed by atoms with van der Waals surface area (Å²) in [6.07, 6.45) is 0. The van der Waals surface area contributed by atoms with E-state index in [9.17, 15) is 14.0 Å². The largest absolute Gasteiger partial charge is 0.497 e. The molecule has 0 aliphatic rings. The zero-order chi connectivity index (χ0) is 26.0. The van der Waals surface area contributed by atoms with Crippen LogP contribution in [-0.4, -0.2) is 46.0 Å². The standard InChI is InChI=1S/C26H24FN5O4S/c1-35-21-13-9-19(10-14-21)29-25(34)17-37-26-31-30-23(32(26)20-11-7-18(27)8-12-20)15-28-24(33)16-36-22-5-3-2-4-6-22/h2-14H,15-17H2,1H3,(H,28,33)(H,29,34). The van der Waals surface area contributed by atoms with Crippen LogP contribution in [0.25, 0.3) is 5.69 Å². The van der Waals surface area contributed by atoms with Crippen molar-refractivity contribution >= 4 is 29.3 Å². The first-order chi connectivity index (χ1) is 18.0. The summed E-state index contributed by atoms with van der Waals surface area (Å²) in [5, 5.41) is 14.4. The van der Waals surface area contributed by atoms with Gasteiger partial charge in [0.15, 0.2) is 17.6 Å². The second kappa shape index (κ2) is 12.5. The van der Waals surface area contributed by atoms with Crippen LogP contribution in [0.15, 0.2) is 84.0 Å². The molecule has 4 aromatic rings. The SMILES string of the molecule is COc1ccc(NC(=O)CSc2nnc(CNC(=O)COc3ccccc3)n2-c2ccc(F)cc2)cc1. The van der Waals surface area contributed by atoms with Gasteiger partial charge in [-0.2, -0.15) is 0 Å². The lowest BCUT2D eigenvalue weighted by Gasteiger charge is -2.11. The number of carbonyl (C=O) groups is 2. The lowest BCUT2D eigenvalue weighted by molar-refractivity contribution is -0.123. The lowest BCUT2D eigenvalue weighted by atomic mass is 10.3. The van der Waals surface area contributed by atoms with E-state index in [1.54, 1.807) is 60.2 Å². The lowest BCUT2D eigenvalue weighted by Crippen LogP contribution is -2.29. The van der Waals surface area contributed by atoms with Crippen molar-refractivity contribution in [2.24, 2.45) is 0 Å². The molecule has 0 spiro atoms. The van der Waals surface area contributed by atoms with Crippen molar-refractivity contribution in [3.63, 3.8) is 0 Å². The van der Waals surface area contributed by atoms with Gasteiger partial charge in [0.2, 0.25) is 5.91 Å². The molecule has 1 aromatic heterocycles. The molecule has 3 aromatic carbocycles. The molecule has 9 nitrogen and oxygen atoms in total. The summed E-state index contributed by atoms with van der Waals surface area (Å²) in [7, 11) is 1.57. The molecule has 0 saturated heterocycles. The van der Waals surface area contributed by atoms with E-state index in [0.717, 1.165) is 0 Å². The summed E-state index contributed by atoms with van der Waals surface area (Å²) in [4.78, 5) is 24.8. The number of nitrogens with zero attached hydrogens (tertiary/aromatic N) is 3. The van der Waals surface area contributed by atoms with Crippen molar-refractivity contribution in [1.82, 2.24) is 20.1 Å². The number of nitrogens with one attached hydrogen (secondary N) is 2.